The van der Waals surface area contributed by atoms with E-state index in [9.17, 15) is 9.90 Å². The Balaban J connectivity index is 2.54. The summed E-state index contributed by atoms with van der Waals surface area (Å²) in [5.74, 6) is 1.58. The van der Waals surface area contributed by atoms with Gasteiger partial charge in [-0.1, -0.05) is 5.92 Å². The molecule has 1 rings (SSSR count). The van der Waals surface area contributed by atoms with Crippen LogP contribution in [0.4, 0.5) is 0 Å². The van der Waals surface area contributed by atoms with Gasteiger partial charge in [-0.25, -0.2) is 0 Å². The van der Waals surface area contributed by atoms with E-state index in [4.69, 9.17) is 0 Å². The molecule has 1 N–H and O–H groups in total. The van der Waals surface area contributed by atoms with Crippen LogP contribution in [0, 0.1) is 17.9 Å². The van der Waals surface area contributed by atoms with Crippen LogP contribution in [-0.4, -0.2) is 42.2 Å². The Morgan fingerprint density at radius 3 is 3.00 bits per heavy atom. The van der Waals surface area contributed by atoms with Gasteiger partial charge in [0.25, 0.3) is 0 Å². The summed E-state index contributed by atoms with van der Waals surface area (Å²) >= 11 is 0. The van der Waals surface area contributed by atoms with Crippen molar-refractivity contribution >= 4 is 5.97 Å². The second kappa shape index (κ2) is 4.99. The molecule has 0 bridgehead atoms. The summed E-state index contributed by atoms with van der Waals surface area (Å²) in [6.45, 7) is 2.94. The molecule has 0 saturated carbocycles. The first kappa shape index (κ1) is 11.0. The molecule has 14 heavy (non-hydrogen) atoms. The number of rotatable bonds is 1. The number of piperidine rings is 1. The lowest BCUT2D eigenvalue weighted by Crippen LogP contribution is -2.45. The molecular weight excluding hydrogens is 182 g/mol. The molecule has 0 aromatic heterocycles. The zero-order valence-corrected chi connectivity index (χ0v) is 8.49. The lowest BCUT2D eigenvalue weighted by atomic mass is 9.95. The topological polar surface area (TPSA) is 49.8 Å². The first-order chi connectivity index (χ1) is 6.65. The first-order valence-corrected chi connectivity index (χ1v) is 4.64. The van der Waals surface area contributed by atoms with Crippen molar-refractivity contribution in [2.45, 2.75) is 19.4 Å². The monoisotopic (exact) mass is 197 g/mol. The summed E-state index contributed by atoms with van der Waals surface area (Å²) in [4.78, 5) is 13.4. The Hall–Kier alpha value is -1.05. The fraction of sp³-hybridized carbons (Fsp3) is 0.700. The van der Waals surface area contributed by atoms with Crippen LogP contribution in [0.1, 0.15) is 13.3 Å². The average Bonchev–Trinajstić information content (AvgIpc) is 2.18. The van der Waals surface area contributed by atoms with Gasteiger partial charge in [0.05, 0.1) is 12.0 Å². The standard InChI is InChI=1S/C10H15NO3/c1-3-6-14-10(13)8-7-11(2)5-4-9(8)12/h8-9,12H,4-5,7H2,1-2H3. The summed E-state index contributed by atoms with van der Waals surface area (Å²) < 4.78 is 4.66. The van der Waals surface area contributed by atoms with E-state index < -0.39 is 18.0 Å². The van der Waals surface area contributed by atoms with Crippen LogP contribution in [0.3, 0.4) is 0 Å². The lowest BCUT2D eigenvalue weighted by Gasteiger charge is -2.31. The zero-order chi connectivity index (χ0) is 10.6. The van der Waals surface area contributed by atoms with Gasteiger partial charge in [0, 0.05) is 20.0 Å². The molecule has 1 aliphatic heterocycles. The SMILES string of the molecule is CC#COC(=O)C1CN(C)CCC1O. The molecule has 1 fully saturated rings. The van der Waals surface area contributed by atoms with Crippen LogP contribution in [0.25, 0.3) is 0 Å². The minimum absolute atomic E-state index is 0.432. The molecule has 0 spiro atoms. The maximum atomic E-state index is 11.4. The maximum Gasteiger partial charge on any atom is 0.326 e. The van der Waals surface area contributed by atoms with Crippen molar-refractivity contribution in [2.75, 3.05) is 20.1 Å². The molecule has 78 valence electrons. The molecule has 0 aromatic carbocycles. The highest BCUT2D eigenvalue weighted by Crippen LogP contribution is 2.17. The Morgan fingerprint density at radius 2 is 2.36 bits per heavy atom. The van der Waals surface area contributed by atoms with Crippen molar-refractivity contribution in [2.24, 2.45) is 5.92 Å². The molecule has 4 nitrogen and oxygen atoms in total. The molecule has 2 atom stereocenters. The molecule has 4 heteroatoms. The van der Waals surface area contributed by atoms with E-state index >= 15 is 0 Å². The highest BCUT2D eigenvalue weighted by molar-refractivity contribution is 5.74. The number of ether oxygens (including phenoxy) is 1. The Labute approximate surface area is 83.8 Å². The van der Waals surface area contributed by atoms with Crippen molar-refractivity contribution in [3.05, 3.63) is 0 Å². The fourth-order valence-corrected chi connectivity index (χ4v) is 1.51. The van der Waals surface area contributed by atoms with Crippen LogP contribution in [0.15, 0.2) is 0 Å². The van der Waals surface area contributed by atoms with E-state index in [0.29, 0.717) is 13.0 Å². The van der Waals surface area contributed by atoms with Crippen LogP contribution >= 0.6 is 0 Å². The molecule has 1 heterocycles. The minimum atomic E-state index is -0.600. The number of carbonyl (C=O) groups is 1. The van der Waals surface area contributed by atoms with E-state index in [1.807, 2.05) is 11.9 Å². The van der Waals surface area contributed by atoms with E-state index in [0.717, 1.165) is 6.54 Å². The third-order valence-corrected chi connectivity index (χ3v) is 2.34. The number of aliphatic hydroxyl groups excluding tert-OH is 1. The van der Waals surface area contributed by atoms with Crippen molar-refractivity contribution in [1.82, 2.24) is 4.90 Å². The molecule has 2 unspecified atom stereocenters. The summed E-state index contributed by atoms with van der Waals surface area (Å²) in [5, 5.41) is 9.58. The van der Waals surface area contributed by atoms with Crippen LogP contribution < -0.4 is 0 Å². The molecule has 0 amide bonds. The van der Waals surface area contributed by atoms with E-state index in [1.165, 1.54) is 0 Å². The number of hydrogen-bond donors (Lipinski definition) is 1. The molecule has 1 saturated heterocycles. The van der Waals surface area contributed by atoms with Crippen LogP contribution in [0.5, 0.6) is 0 Å². The quantitative estimate of drug-likeness (QED) is 0.468. The lowest BCUT2D eigenvalue weighted by molar-refractivity contribution is -0.148. The number of hydrogen-bond acceptors (Lipinski definition) is 4. The Bertz CT molecular complexity index is 266. The third-order valence-electron chi connectivity index (χ3n) is 2.34. The molecule has 0 aromatic rings. The Morgan fingerprint density at radius 1 is 1.64 bits per heavy atom. The number of carbonyl (C=O) groups excluding carboxylic acids is 1. The summed E-state index contributed by atoms with van der Waals surface area (Å²) in [6.07, 6.45) is 2.26. The number of esters is 1. The van der Waals surface area contributed by atoms with Gasteiger partial charge in [-0.05, 0) is 13.5 Å². The van der Waals surface area contributed by atoms with Crippen molar-refractivity contribution in [3.8, 4) is 12.0 Å². The summed E-state index contributed by atoms with van der Waals surface area (Å²) in [6, 6.07) is 0. The highest BCUT2D eigenvalue weighted by Gasteiger charge is 2.32. The first-order valence-electron chi connectivity index (χ1n) is 4.64. The predicted octanol–water partition coefficient (Wildman–Crippen LogP) is -0.177. The molecular formula is C10H15NO3. The molecule has 0 aliphatic carbocycles. The minimum Gasteiger partial charge on any atom is -0.392 e. The van der Waals surface area contributed by atoms with E-state index in [-0.39, 0.29) is 0 Å². The third kappa shape index (κ3) is 2.72. The average molecular weight is 197 g/mol. The van der Waals surface area contributed by atoms with Gasteiger partial charge in [-0.2, -0.15) is 0 Å². The second-order valence-electron chi connectivity index (χ2n) is 3.50. The molecule has 1 aliphatic rings. The number of aliphatic hydroxyl groups is 1. The number of likely N-dealkylation sites (tertiary alicyclic amines) is 1. The van der Waals surface area contributed by atoms with Crippen LogP contribution in [-0.2, 0) is 9.53 Å². The smallest absolute Gasteiger partial charge is 0.326 e. The van der Waals surface area contributed by atoms with Gasteiger partial charge in [0.1, 0.15) is 6.11 Å². The normalized spacial score (nSPS) is 27.6. The summed E-state index contributed by atoms with van der Waals surface area (Å²) in [5.41, 5.74) is 0. The zero-order valence-electron chi connectivity index (χ0n) is 8.49. The van der Waals surface area contributed by atoms with Gasteiger partial charge in [-0.15, -0.1) is 0 Å². The maximum absolute atomic E-state index is 11.4. The van der Waals surface area contributed by atoms with Crippen LogP contribution in [0.2, 0.25) is 0 Å². The second-order valence-corrected chi connectivity index (χ2v) is 3.50. The van der Waals surface area contributed by atoms with Crippen molar-refractivity contribution < 1.29 is 14.6 Å². The Kier molecular flexibility index (Phi) is 3.93. The predicted molar refractivity (Wildman–Crippen MR) is 51.2 cm³/mol. The van der Waals surface area contributed by atoms with Crippen molar-refractivity contribution in [1.29, 1.82) is 0 Å². The van der Waals surface area contributed by atoms with Gasteiger partial charge < -0.3 is 14.7 Å². The van der Waals surface area contributed by atoms with Gasteiger partial charge in [0.15, 0.2) is 0 Å². The molecule has 0 radical (unpaired) electrons. The fourth-order valence-electron chi connectivity index (χ4n) is 1.51. The van der Waals surface area contributed by atoms with E-state index in [1.54, 1.807) is 6.92 Å². The largest absolute Gasteiger partial charge is 0.392 e. The van der Waals surface area contributed by atoms with E-state index in [2.05, 4.69) is 16.8 Å². The summed E-state index contributed by atoms with van der Waals surface area (Å²) in [7, 11) is 1.91. The van der Waals surface area contributed by atoms with Gasteiger partial charge in [-0.3, -0.25) is 4.79 Å². The number of nitrogens with zero attached hydrogens (tertiary/aromatic N) is 1. The van der Waals surface area contributed by atoms with Crippen molar-refractivity contribution in [3.63, 3.8) is 0 Å². The highest BCUT2D eigenvalue weighted by atomic mass is 16.5. The van der Waals surface area contributed by atoms with Gasteiger partial charge in [0.2, 0.25) is 0 Å². The van der Waals surface area contributed by atoms with Gasteiger partial charge >= 0.3 is 5.97 Å².